The molecule has 0 aliphatic carbocycles. The molecule has 0 aromatic carbocycles. The van der Waals surface area contributed by atoms with Crippen molar-refractivity contribution in [1.29, 1.82) is 0 Å². The first kappa shape index (κ1) is 14.0. The summed E-state index contributed by atoms with van der Waals surface area (Å²) in [7, 11) is 0. The number of aromatic nitrogens is 4. The van der Waals surface area contributed by atoms with Gasteiger partial charge in [-0.3, -0.25) is 0 Å². The number of nitrogens with one attached hydrogen (secondary N) is 1. The molecule has 23 heavy (non-hydrogen) atoms. The van der Waals surface area contributed by atoms with Gasteiger partial charge in [-0.05, 0) is 22.9 Å². The second-order valence-corrected chi connectivity index (χ2v) is 6.47. The van der Waals surface area contributed by atoms with E-state index < -0.39 is 0 Å². The van der Waals surface area contributed by atoms with E-state index in [0.29, 0.717) is 29.6 Å². The van der Waals surface area contributed by atoms with Gasteiger partial charge in [-0.15, -0.1) is 11.3 Å². The zero-order valence-corrected chi connectivity index (χ0v) is 13.5. The van der Waals surface area contributed by atoms with Gasteiger partial charge in [-0.25, -0.2) is 9.97 Å². The molecule has 0 unspecified atom stereocenters. The van der Waals surface area contributed by atoms with Crippen molar-refractivity contribution in [2.75, 3.05) is 5.32 Å². The number of anilines is 1. The zero-order chi connectivity index (χ0) is 15.5. The summed E-state index contributed by atoms with van der Waals surface area (Å²) in [6.07, 6.45) is 3.17. The van der Waals surface area contributed by atoms with Crippen molar-refractivity contribution in [2.24, 2.45) is 0 Å². The Hall–Kier alpha value is -2.58. The van der Waals surface area contributed by atoms with Gasteiger partial charge in [-0.2, -0.15) is 16.3 Å². The van der Waals surface area contributed by atoms with Crippen LogP contribution in [0, 0.1) is 0 Å². The van der Waals surface area contributed by atoms with E-state index in [4.69, 9.17) is 4.52 Å². The largest absolute Gasteiger partial charge is 0.364 e. The molecular weight excluding hydrogens is 330 g/mol. The minimum Gasteiger partial charge on any atom is -0.364 e. The minimum atomic E-state index is 0.403. The van der Waals surface area contributed by atoms with Crippen LogP contribution < -0.4 is 5.32 Å². The molecule has 0 aliphatic rings. The summed E-state index contributed by atoms with van der Waals surface area (Å²) in [5, 5.41) is 13.3. The molecule has 1 N–H and O–H groups in total. The van der Waals surface area contributed by atoms with Crippen LogP contribution in [0.25, 0.3) is 22.8 Å². The molecule has 0 amide bonds. The summed E-state index contributed by atoms with van der Waals surface area (Å²) < 4.78 is 5.38. The lowest BCUT2D eigenvalue weighted by molar-refractivity contribution is 0.432. The van der Waals surface area contributed by atoms with Gasteiger partial charge in [0.15, 0.2) is 0 Å². The standard InChI is InChI=1S/C15H11N5OS2/c1-2-11(23-4-1)6-17-14-12(7-16-9-18-14)15-19-13(20-21-15)10-3-5-22-8-10/h1-5,7-9H,6H2,(H,16,17,18). The van der Waals surface area contributed by atoms with Gasteiger partial charge in [-0.1, -0.05) is 11.2 Å². The van der Waals surface area contributed by atoms with Crippen molar-refractivity contribution >= 4 is 28.5 Å². The molecule has 0 fully saturated rings. The normalized spacial score (nSPS) is 10.8. The topological polar surface area (TPSA) is 76.7 Å². The fraction of sp³-hybridized carbons (Fsp3) is 0.0667. The molecule has 0 radical (unpaired) electrons. The molecule has 0 spiro atoms. The molecule has 8 heteroatoms. The van der Waals surface area contributed by atoms with E-state index in [0.717, 1.165) is 5.56 Å². The third kappa shape index (κ3) is 2.99. The van der Waals surface area contributed by atoms with Gasteiger partial charge in [0.1, 0.15) is 17.7 Å². The minimum absolute atomic E-state index is 0.403. The lowest BCUT2D eigenvalue weighted by Gasteiger charge is -2.06. The average Bonchev–Trinajstić information content (AvgIpc) is 3.34. The SMILES string of the molecule is c1csc(CNc2ncncc2-c2nc(-c3ccsc3)no2)c1. The van der Waals surface area contributed by atoms with Crippen LogP contribution in [0.15, 0.2) is 51.4 Å². The Labute approximate surface area is 139 Å². The highest BCUT2D eigenvalue weighted by molar-refractivity contribution is 7.09. The lowest BCUT2D eigenvalue weighted by Crippen LogP contribution is -2.02. The molecule has 0 atom stereocenters. The summed E-state index contributed by atoms with van der Waals surface area (Å²) in [4.78, 5) is 14.0. The molecule has 0 saturated heterocycles. The summed E-state index contributed by atoms with van der Waals surface area (Å²) in [6, 6.07) is 6.05. The Balaban J connectivity index is 1.61. The molecule has 4 aromatic heterocycles. The fourth-order valence-corrected chi connectivity index (χ4v) is 3.33. The van der Waals surface area contributed by atoms with E-state index in [1.165, 1.54) is 11.2 Å². The average molecular weight is 341 g/mol. The lowest BCUT2D eigenvalue weighted by atomic mass is 10.3. The Bertz CT molecular complexity index is 886. The molecule has 4 rings (SSSR count). The van der Waals surface area contributed by atoms with Crippen LogP contribution in [0.4, 0.5) is 5.82 Å². The Morgan fingerprint density at radius 1 is 1.22 bits per heavy atom. The first-order valence-electron chi connectivity index (χ1n) is 6.83. The second kappa shape index (κ2) is 6.27. The van der Waals surface area contributed by atoms with E-state index in [-0.39, 0.29) is 0 Å². The monoisotopic (exact) mass is 341 g/mol. The van der Waals surface area contributed by atoms with Gasteiger partial charge in [0.05, 0.1) is 6.54 Å². The molecule has 0 aliphatic heterocycles. The van der Waals surface area contributed by atoms with Gasteiger partial charge in [0.25, 0.3) is 5.89 Å². The van der Waals surface area contributed by atoms with Crippen LogP contribution in [-0.2, 0) is 6.54 Å². The molecule has 0 bridgehead atoms. The molecule has 4 heterocycles. The van der Waals surface area contributed by atoms with E-state index in [2.05, 4.69) is 31.5 Å². The van der Waals surface area contributed by atoms with Gasteiger partial charge in [0.2, 0.25) is 5.82 Å². The fourth-order valence-electron chi connectivity index (χ4n) is 2.05. The zero-order valence-electron chi connectivity index (χ0n) is 11.8. The predicted octanol–water partition coefficient (Wildman–Crippen LogP) is 3.93. The van der Waals surface area contributed by atoms with Crippen molar-refractivity contribution < 1.29 is 4.52 Å². The molecule has 6 nitrogen and oxygen atoms in total. The molecule has 4 aromatic rings. The van der Waals surface area contributed by atoms with Crippen molar-refractivity contribution in [3.05, 3.63) is 51.7 Å². The van der Waals surface area contributed by atoms with Crippen molar-refractivity contribution in [3.63, 3.8) is 0 Å². The number of nitrogens with zero attached hydrogens (tertiary/aromatic N) is 4. The molecule has 0 saturated carbocycles. The molecule has 114 valence electrons. The quantitative estimate of drug-likeness (QED) is 0.593. The maximum atomic E-state index is 5.38. The Kier molecular flexibility index (Phi) is 3.83. The van der Waals surface area contributed by atoms with E-state index in [9.17, 15) is 0 Å². The second-order valence-electron chi connectivity index (χ2n) is 4.65. The van der Waals surface area contributed by atoms with E-state index in [1.54, 1.807) is 28.9 Å². The Morgan fingerprint density at radius 3 is 3.04 bits per heavy atom. The van der Waals surface area contributed by atoms with E-state index >= 15 is 0 Å². The van der Waals surface area contributed by atoms with Gasteiger partial charge >= 0.3 is 0 Å². The highest BCUT2D eigenvalue weighted by Crippen LogP contribution is 2.27. The Morgan fingerprint density at radius 2 is 2.22 bits per heavy atom. The van der Waals surface area contributed by atoms with Crippen molar-refractivity contribution in [2.45, 2.75) is 6.54 Å². The van der Waals surface area contributed by atoms with Crippen LogP contribution in [0.5, 0.6) is 0 Å². The third-order valence-corrected chi connectivity index (χ3v) is 4.72. The smallest absolute Gasteiger partial charge is 0.263 e. The summed E-state index contributed by atoms with van der Waals surface area (Å²) in [5.41, 5.74) is 1.63. The number of rotatable bonds is 5. The summed E-state index contributed by atoms with van der Waals surface area (Å²) in [6.45, 7) is 0.688. The van der Waals surface area contributed by atoms with Crippen LogP contribution in [0.3, 0.4) is 0 Å². The highest BCUT2D eigenvalue weighted by Gasteiger charge is 2.15. The summed E-state index contributed by atoms with van der Waals surface area (Å²) in [5.74, 6) is 1.64. The maximum Gasteiger partial charge on any atom is 0.263 e. The molecular formula is C15H11N5OS2. The van der Waals surface area contributed by atoms with Gasteiger partial charge in [0, 0.05) is 22.0 Å². The van der Waals surface area contributed by atoms with Crippen LogP contribution in [-0.4, -0.2) is 20.1 Å². The first-order chi connectivity index (χ1) is 11.4. The summed E-state index contributed by atoms with van der Waals surface area (Å²) >= 11 is 3.28. The first-order valence-corrected chi connectivity index (χ1v) is 8.65. The maximum absolute atomic E-state index is 5.38. The van der Waals surface area contributed by atoms with Crippen LogP contribution in [0.2, 0.25) is 0 Å². The van der Waals surface area contributed by atoms with Crippen molar-refractivity contribution in [3.8, 4) is 22.8 Å². The van der Waals surface area contributed by atoms with Crippen molar-refractivity contribution in [1.82, 2.24) is 20.1 Å². The number of thiophene rings is 2. The van der Waals surface area contributed by atoms with Crippen LogP contribution in [0.1, 0.15) is 4.88 Å². The van der Waals surface area contributed by atoms with Crippen LogP contribution >= 0.6 is 22.7 Å². The predicted molar refractivity (Wildman–Crippen MR) is 90.3 cm³/mol. The van der Waals surface area contributed by atoms with E-state index in [1.807, 2.05) is 28.3 Å². The third-order valence-electron chi connectivity index (χ3n) is 3.16. The number of hydrogen-bond acceptors (Lipinski definition) is 8. The van der Waals surface area contributed by atoms with Gasteiger partial charge < -0.3 is 9.84 Å². The number of hydrogen-bond donors (Lipinski definition) is 1. The highest BCUT2D eigenvalue weighted by atomic mass is 32.1.